The Hall–Kier alpha value is -1.82. The molecule has 1 aliphatic rings. The number of nitrogens with zero attached hydrogens (tertiary/aromatic N) is 1. The largest absolute Gasteiger partial charge is 0.282 e. The highest BCUT2D eigenvalue weighted by Gasteiger charge is 2.34. The van der Waals surface area contributed by atoms with Crippen LogP contribution in [-0.2, 0) is 9.59 Å². The first-order chi connectivity index (χ1) is 11.0. The molecule has 1 aliphatic heterocycles. The molecule has 3 rings (SSSR count). The predicted octanol–water partition coefficient (Wildman–Crippen LogP) is 4.22. The first kappa shape index (κ1) is 16.1. The van der Waals surface area contributed by atoms with Gasteiger partial charge in [0.1, 0.15) is 5.57 Å². The second-order valence-electron chi connectivity index (χ2n) is 4.75. The molecule has 1 fully saturated rings. The van der Waals surface area contributed by atoms with Crippen LogP contribution in [0.1, 0.15) is 5.56 Å². The smallest absolute Gasteiger partial charge is 0.267 e. The molecule has 0 unspecified atom stereocenters. The van der Waals surface area contributed by atoms with Gasteiger partial charge in [0.25, 0.3) is 11.8 Å². The molecule has 1 saturated heterocycles. The van der Waals surface area contributed by atoms with Crippen LogP contribution in [0.15, 0.2) is 52.5 Å². The van der Waals surface area contributed by atoms with Crippen LogP contribution in [0.3, 0.4) is 0 Å². The zero-order valence-corrected chi connectivity index (χ0v) is 14.6. The zero-order valence-electron chi connectivity index (χ0n) is 11.5. The highest BCUT2D eigenvalue weighted by atomic mass is 79.9. The Morgan fingerprint density at radius 1 is 1.00 bits per heavy atom. The number of amides is 2. The lowest BCUT2D eigenvalue weighted by atomic mass is 10.1. The third-order valence-corrected chi connectivity index (χ3v) is 4.45. The number of hydrogen-bond acceptors (Lipinski definition) is 2. The van der Waals surface area contributed by atoms with E-state index in [-0.39, 0.29) is 5.57 Å². The maximum Gasteiger partial charge on any atom is 0.282 e. The Bertz CT molecular complexity index is 814. The summed E-state index contributed by atoms with van der Waals surface area (Å²) in [4.78, 5) is 24.6. The molecule has 0 spiro atoms. The number of carbonyl (C=O) groups is 2. The lowest BCUT2D eigenvalue weighted by Crippen LogP contribution is -2.35. The Morgan fingerprint density at radius 3 is 2.22 bits per heavy atom. The van der Waals surface area contributed by atoms with E-state index >= 15 is 0 Å². The van der Waals surface area contributed by atoms with Gasteiger partial charge in [-0.15, -0.1) is 0 Å². The van der Waals surface area contributed by atoms with Crippen molar-refractivity contribution in [3.63, 3.8) is 0 Å². The molecule has 0 aromatic heterocycles. The van der Waals surface area contributed by atoms with E-state index in [9.17, 15) is 9.59 Å². The molecule has 0 aliphatic carbocycles. The van der Waals surface area contributed by atoms with Gasteiger partial charge in [-0.1, -0.05) is 45.2 Å². The van der Waals surface area contributed by atoms with E-state index in [1.54, 1.807) is 42.5 Å². The molecule has 0 atom stereocenters. The van der Waals surface area contributed by atoms with E-state index in [0.717, 1.165) is 4.47 Å². The fourth-order valence-electron chi connectivity index (χ4n) is 2.12. The van der Waals surface area contributed by atoms with Crippen LogP contribution in [-0.4, -0.2) is 11.8 Å². The molecule has 116 valence electrons. The maximum atomic E-state index is 12.5. The number of benzene rings is 2. The summed E-state index contributed by atoms with van der Waals surface area (Å²) in [5.74, 6) is -0.970. The van der Waals surface area contributed by atoms with Gasteiger partial charge in [0, 0.05) is 20.1 Å². The van der Waals surface area contributed by atoms with Crippen molar-refractivity contribution < 1.29 is 9.59 Å². The lowest BCUT2D eigenvalue weighted by Gasteiger charge is -2.14. The van der Waals surface area contributed by atoms with E-state index in [1.165, 1.54) is 11.1 Å². The molecule has 0 bridgehead atoms. The number of anilines is 1. The third-order valence-electron chi connectivity index (χ3n) is 3.26. The molecule has 2 aromatic carbocycles. The molecular formula is C16H9BrCl2N2O2. The highest BCUT2D eigenvalue weighted by Crippen LogP contribution is 2.29. The highest BCUT2D eigenvalue weighted by molar-refractivity contribution is 9.10. The normalized spacial score (nSPS) is 16.1. The van der Waals surface area contributed by atoms with Crippen LogP contribution < -0.4 is 10.4 Å². The second-order valence-corrected chi connectivity index (χ2v) is 6.48. The summed E-state index contributed by atoms with van der Waals surface area (Å²) in [6.07, 6.45) is 1.40. The number of hydrazine groups is 1. The molecule has 4 nitrogen and oxygen atoms in total. The molecular weight excluding hydrogens is 403 g/mol. The molecule has 23 heavy (non-hydrogen) atoms. The number of hydrogen-bond donors (Lipinski definition) is 1. The third kappa shape index (κ3) is 3.13. The fraction of sp³-hybridized carbons (Fsp3) is 0. The summed E-state index contributed by atoms with van der Waals surface area (Å²) in [6, 6.07) is 12.0. The summed E-state index contributed by atoms with van der Waals surface area (Å²) in [5.41, 5.74) is 3.49. The van der Waals surface area contributed by atoms with E-state index in [1.807, 2.05) is 0 Å². The van der Waals surface area contributed by atoms with Gasteiger partial charge in [0.15, 0.2) is 0 Å². The molecule has 2 amide bonds. The number of halogens is 3. The van der Waals surface area contributed by atoms with E-state index in [2.05, 4.69) is 21.4 Å². The summed E-state index contributed by atoms with van der Waals surface area (Å²) in [5, 5.41) is 1.92. The summed E-state index contributed by atoms with van der Waals surface area (Å²) < 4.78 is 0.873. The van der Waals surface area contributed by atoms with Gasteiger partial charge in [-0.2, -0.15) is 0 Å². The van der Waals surface area contributed by atoms with Gasteiger partial charge in [0.2, 0.25) is 0 Å². The number of carbonyl (C=O) groups excluding carboxylic acids is 2. The van der Waals surface area contributed by atoms with Crippen molar-refractivity contribution in [2.75, 3.05) is 5.01 Å². The van der Waals surface area contributed by atoms with E-state index < -0.39 is 11.8 Å². The first-order valence-corrected chi connectivity index (χ1v) is 8.09. The van der Waals surface area contributed by atoms with Crippen LogP contribution in [0.4, 0.5) is 5.69 Å². The Kier molecular flexibility index (Phi) is 4.43. The van der Waals surface area contributed by atoms with Crippen molar-refractivity contribution >= 4 is 62.7 Å². The summed E-state index contributed by atoms with van der Waals surface area (Å²) in [7, 11) is 0. The number of rotatable bonds is 2. The first-order valence-electron chi connectivity index (χ1n) is 6.54. The van der Waals surface area contributed by atoms with Gasteiger partial charge >= 0.3 is 0 Å². The Morgan fingerprint density at radius 2 is 1.61 bits per heavy atom. The predicted molar refractivity (Wildman–Crippen MR) is 94.2 cm³/mol. The fourth-order valence-corrected chi connectivity index (χ4v) is 2.89. The van der Waals surface area contributed by atoms with Crippen LogP contribution in [0.2, 0.25) is 10.0 Å². The van der Waals surface area contributed by atoms with Crippen LogP contribution in [0.25, 0.3) is 6.08 Å². The average Bonchev–Trinajstić information content (AvgIpc) is 2.79. The van der Waals surface area contributed by atoms with Crippen LogP contribution in [0.5, 0.6) is 0 Å². The summed E-state index contributed by atoms with van der Waals surface area (Å²) in [6.45, 7) is 0. The zero-order chi connectivity index (χ0) is 16.6. The molecule has 7 heteroatoms. The molecule has 1 heterocycles. The van der Waals surface area contributed by atoms with E-state index in [4.69, 9.17) is 23.2 Å². The Labute approximate surface area is 150 Å². The van der Waals surface area contributed by atoms with Crippen molar-refractivity contribution in [2.24, 2.45) is 0 Å². The molecule has 0 saturated carbocycles. The van der Waals surface area contributed by atoms with Crippen LogP contribution in [0, 0.1) is 0 Å². The minimum Gasteiger partial charge on any atom is -0.267 e. The van der Waals surface area contributed by atoms with Crippen LogP contribution >= 0.6 is 39.1 Å². The summed E-state index contributed by atoms with van der Waals surface area (Å²) >= 11 is 15.5. The minimum absolute atomic E-state index is 0.0251. The van der Waals surface area contributed by atoms with Crippen molar-refractivity contribution in [1.29, 1.82) is 0 Å². The monoisotopic (exact) mass is 410 g/mol. The topological polar surface area (TPSA) is 49.4 Å². The van der Waals surface area contributed by atoms with Crippen molar-refractivity contribution in [2.45, 2.75) is 0 Å². The van der Waals surface area contributed by atoms with Crippen molar-refractivity contribution in [1.82, 2.24) is 5.43 Å². The number of nitrogens with one attached hydrogen (secondary N) is 1. The standard InChI is InChI=1S/C16H9BrCl2N2O2/c17-9-4-6-10(7-5-9)21-16(23)12(15(22)20-21)8-11-13(18)2-1-3-14(11)19/h1-8H,(H,20,22)/b12-8-. The second kappa shape index (κ2) is 6.35. The molecule has 1 N–H and O–H groups in total. The average molecular weight is 412 g/mol. The SMILES string of the molecule is O=C1NN(c2ccc(Br)cc2)C(=O)/C1=C\c1c(Cl)cccc1Cl. The molecule has 2 aromatic rings. The maximum absolute atomic E-state index is 12.5. The van der Waals surface area contributed by atoms with Crippen molar-refractivity contribution in [3.8, 4) is 0 Å². The Balaban J connectivity index is 1.99. The van der Waals surface area contributed by atoms with Crippen molar-refractivity contribution in [3.05, 3.63) is 68.1 Å². The lowest BCUT2D eigenvalue weighted by molar-refractivity contribution is -0.117. The molecule has 0 radical (unpaired) electrons. The van der Waals surface area contributed by atoms with E-state index in [0.29, 0.717) is 21.3 Å². The van der Waals surface area contributed by atoms with Gasteiger partial charge in [0.05, 0.1) is 5.69 Å². The van der Waals surface area contributed by atoms with Gasteiger partial charge in [-0.05, 0) is 42.5 Å². The van der Waals surface area contributed by atoms with Gasteiger partial charge < -0.3 is 0 Å². The van der Waals surface area contributed by atoms with Gasteiger partial charge in [-0.3, -0.25) is 15.0 Å². The van der Waals surface area contributed by atoms with Gasteiger partial charge in [-0.25, -0.2) is 5.01 Å². The quantitative estimate of drug-likeness (QED) is 0.594. The minimum atomic E-state index is -0.506.